The summed E-state index contributed by atoms with van der Waals surface area (Å²) in [6, 6.07) is 5.30. The lowest BCUT2D eigenvalue weighted by Gasteiger charge is -2.61. The van der Waals surface area contributed by atoms with Crippen molar-refractivity contribution in [3.63, 3.8) is 0 Å². The minimum absolute atomic E-state index is 0.205. The average Bonchev–Trinajstić information content (AvgIpc) is 3.26. The summed E-state index contributed by atoms with van der Waals surface area (Å²) in [5, 5.41) is 0. The fourth-order valence-corrected chi connectivity index (χ4v) is 10.6. The Hall–Kier alpha value is -1.71. The molecule has 0 radical (unpaired) electrons. The van der Waals surface area contributed by atoms with E-state index in [1.807, 2.05) is 6.07 Å². The first kappa shape index (κ1) is 28.8. The zero-order valence-corrected chi connectivity index (χ0v) is 25.4. The Morgan fingerprint density at radius 1 is 0.949 bits per heavy atom. The number of esters is 1. The van der Waals surface area contributed by atoms with Crippen LogP contribution in [-0.2, 0) is 16.0 Å². The van der Waals surface area contributed by atoms with Gasteiger partial charge in [-0.05, 0) is 128 Å². The molecule has 218 valence electrons. The lowest BCUT2D eigenvalue weighted by molar-refractivity contribution is -0.144. The summed E-state index contributed by atoms with van der Waals surface area (Å²) in [6.45, 7) is 10.7. The van der Waals surface area contributed by atoms with Crippen LogP contribution in [0.15, 0.2) is 18.2 Å². The van der Waals surface area contributed by atoms with Crippen LogP contribution in [0.25, 0.3) is 0 Å². The number of anilines is 2. The van der Waals surface area contributed by atoms with Crippen LogP contribution < -0.4 is 11.5 Å². The van der Waals surface area contributed by atoms with E-state index in [0.29, 0.717) is 34.7 Å². The summed E-state index contributed by atoms with van der Waals surface area (Å²) >= 11 is 0. The van der Waals surface area contributed by atoms with E-state index in [1.165, 1.54) is 77.0 Å². The number of fused-ring (bicyclic) bond motifs is 5. The van der Waals surface area contributed by atoms with Crippen molar-refractivity contribution in [2.45, 2.75) is 118 Å². The number of carbonyl (C=O) groups excluding carboxylic acids is 1. The molecule has 39 heavy (non-hydrogen) atoms. The molecule has 0 amide bonds. The number of nitrogen functional groups attached to an aromatic ring is 2. The molecule has 0 saturated heterocycles. The number of nitrogens with two attached hydrogens (primary N) is 2. The highest BCUT2D eigenvalue weighted by atomic mass is 16.5. The van der Waals surface area contributed by atoms with Crippen LogP contribution in [0, 0.1) is 52.3 Å². The molecule has 1 aromatic carbocycles. The summed E-state index contributed by atoms with van der Waals surface area (Å²) in [5.41, 5.74) is 14.9. The molecule has 1 aromatic rings. The smallest absolute Gasteiger partial charge is 0.310 e. The molecule has 4 fully saturated rings. The van der Waals surface area contributed by atoms with E-state index in [4.69, 9.17) is 16.2 Å². The van der Waals surface area contributed by atoms with E-state index in [-0.39, 0.29) is 12.4 Å². The van der Waals surface area contributed by atoms with E-state index in [9.17, 15) is 4.79 Å². The standard InChI is InChI=1S/C35H56N2O2/c1-23(22-39-33(38)20-25-11-13-27(36)21-32(25)37)8-7-9-24(2)29-15-16-30-28-14-12-26-10-5-6-18-34(26,3)31(28)17-19-35(29,30)4/h11,13,21,23-24,26,28-31H,5-10,12,14-20,22,36-37H2,1-4H3/t23?,24-,26?,28+,29-,30+,31+,34+,35-/m1/s1. The second kappa shape index (κ2) is 11.6. The minimum Gasteiger partial charge on any atom is -0.465 e. The topological polar surface area (TPSA) is 78.3 Å². The molecular formula is C35H56N2O2. The third kappa shape index (κ3) is 5.73. The highest BCUT2D eigenvalue weighted by Crippen LogP contribution is 2.68. The monoisotopic (exact) mass is 536 g/mol. The Labute approximate surface area is 238 Å². The van der Waals surface area contributed by atoms with Crippen LogP contribution in [0.4, 0.5) is 11.4 Å². The quantitative estimate of drug-likeness (QED) is 0.245. The number of ether oxygens (including phenoxy) is 1. The van der Waals surface area contributed by atoms with E-state index in [0.717, 1.165) is 47.5 Å². The number of carbonyl (C=O) groups is 1. The highest BCUT2D eigenvalue weighted by molar-refractivity contribution is 5.75. The van der Waals surface area contributed by atoms with Crippen molar-refractivity contribution in [2.24, 2.45) is 52.3 Å². The van der Waals surface area contributed by atoms with E-state index in [1.54, 1.807) is 12.1 Å². The summed E-state index contributed by atoms with van der Waals surface area (Å²) in [5.74, 6) is 5.85. The molecule has 9 atom stereocenters. The van der Waals surface area contributed by atoms with E-state index < -0.39 is 0 Å². The van der Waals surface area contributed by atoms with Crippen LogP contribution in [0.1, 0.15) is 117 Å². The maximum atomic E-state index is 12.4. The first-order valence-electron chi connectivity index (χ1n) is 16.4. The van der Waals surface area contributed by atoms with Gasteiger partial charge in [0.2, 0.25) is 0 Å². The molecule has 0 heterocycles. The second-order valence-corrected chi connectivity index (χ2v) is 15.0. The molecule has 0 aliphatic heterocycles. The van der Waals surface area contributed by atoms with Crippen LogP contribution in [-0.4, -0.2) is 12.6 Å². The average molecular weight is 537 g/mol. The number of hydrogen-bond acceptors (Lipinski definition) is 4. The number of rotatable bonds is 9. The SMILES string of the molecule is CC(CCC[C@@H](C)[C@H]1CC[C@H]2[C@@H]3CCC4CCCC[C@]4(C)[C@H]3CC[C@]12C)COC(=O)Cc1ccc(N)cc1N. The summed E-state index contributed by atoms with van der Waals surface area (Å²) < 4.78 is 5.61. The van der Waals surface area contributed by atoms with Crippen molar-refractivity contribution in [1.82, 2.24) is 0 Å². The third-order valence-corrected chi connectivity index (χ3v) is 12.7. The minimum atomic E-state index is -0.205. The fourth-order valence-electron chi connectivity index (χ4n) is 10.6. The van der Waals surface area contributed by atoms with Crippen molar-refractivity contribution >= 4 is 17.3 Å². The lowest BCUT2D eigenvalue weighted by atomic mass is 9.44. The first-order valence-corrected chi connectivity index (χ1v) is 16.4. The van der Waals surface area contributed by atoms with Crippen LogP contribution in [0.2, 0.25) is 0 Å². The molecule has 2 unspecified atom stereocenters. The van der Waals surface area contributed by atoms with Crippen LogP contribution in [0.3, 0.4) is 0 Å². The van der Waals surface area contributed by atoms with Gasteiger partial charge in [0.05, 0.1) is 13.0 Å². The second-order valence-electron chi connectivity index (χ2n) is 15.0. The summed E-state index contributed by atoms with van der Waals surface area (Å²) in [4.78, 5) is 12.4. The van der Waals surface area contributed by atoms with Gasteiger partial charge in [0.1, 0.15) is 0 Å². The normalized spacial score (nSPS) is 37.3. The molecule has 0 aromatic heterocycles. The van der Waals surface area contributed by atoms with Crippen molar-refractivity contribution in [3.8, 4) is 0 Å². The van der Waals surface area contributed by atoms with Gasteiger partial charge in [-0.2, -0.15) is 0 Å². The van der Waals surface area contributed by atoms with E-state index >= 15 is 0 Å². The van der Waals surface area contributed by atoms with Gasteiger partial charge in [-0.25, -0.2) is 0 Å². The molecule has 4 N–H and O–H groups in total. The molecular weight excluding hydrogens is 480 g/mol. The van der Waals surface area contributed by atoms with Gasteiger partial charge < -0.3 is 16.2 Å². The molecule has 4 aliphatic rings. The summed E-state index contributed by atoms with van der Waals surface area (Å²) in [7, 11) is 0. The van der Waals surface area contributed by atoms with Crippen LogP contribution in [0.5, 0.6) is 0 Å². The highest BCUT2D eigenvalue weighted by Gasteiger charge is 2.60. The zero-order valence-electron chi connectivity index (χ0n) is 25.4. The van der Waals surface area contributed by atoms with Crippen molar-refractivity contribution in [3.05, 3.63) is 23.8 Å². The zero-order chi connectivity index (χ0) is 27.8. The number of benzene rings is 1. The van der Waals surface area contributed by atoms with Crippen LogP contribution >= 0.6 is 0 Å². The predicted molar refractivity (Wildman–Crippen MR) is 162 cm³/mol. The molecule has 0 spiro atoms. The van der Waals surface area contributed by atoms with Gasteiger partial charge >= 0.3 is 5.97 Å². The van der Waals surface area contributed by atoms with Gasteiger partial charge in [0.15, 0.2) is 0 Å². The van der Waals surface area contributed by atoms with Gasteiger partial charge in [-0.15, -0.1) is 0 Å². The molecule has 0 bridgehead atoms. The van der Waals surface area contributed by atoms with Gasteiger partial charge in [-0.3, -0.25) is 4.79 Å². The Morgan fingerprint density at radius 3 is 2.54 bits per heavy atom. The predicted octanol–water partition coefficient (Wildman–Crippen LogP) is 8.43. The maximum absolute atomic E-state index is 12.4. The molecule has 4 saturated carbocycles. The van der Waals surface area contributed by atoms with Crippen molar-refractivity contribution in [1.29, 1.82) is 0 Å². The van der Waals surface area contributed by atoms with Gasteiger partial charge in [-0.1, -0.05) is 59.4 Å². The largest absolute Gasteiger partial charge is 0.465 e. The third-order valence-electron chi connectivity index (χ3n) is 12.7. The Balaban J connectivity index is 1.07. The Morgan fingerprint density at radius 2 is 1.74 bits per heavy atom. The Bertz CT molecular complexity index is 1010. The van der Waals surface area contributed by atoms with Gasteiger partial charge in [0.25, 0.3) is 0 Å². The Kier molecular flexibility index (Phi) is 8.60. The van der Waals surface area contributed by atoms with Gasteiger partial charge in [0, 0.05) is 11.4 Å². The maximum Gasteiger partial charge on any atom is 0.310 e. The van der Waals surface area contributed by atoms with E-state index in [2.05, 4.69) is 27.7 Å². The fraction of sp³-hybridized carbons (Fsp3) is 0.800. The summed E-state index contributed by atoms with van der Waals surface area (Å²) in [6.07, 6.45) is 18.8. The molecule has 5 rings (SSSR count). The lowest BCUT2D eigenvalue weighted by Crippen LogP contribution is -2.53. The molecule has 4 nitrogen and oxygen atoms in total. The number of hydrogen-bond donors (Lipinski definition) is 2. The molecule has 4 aliphatic carbocycles. The van der Waals surface area contributed by atoms with Crippen molar-refractivity contribution in [2.75, 3.05) is 18.1 Å². The first-order chi connectivity index (χ1) is 18.6. The molecule has 4 heteroatoms. The van der Waals surface area contributed by atoms with Crippen molar-refractivity contribution < 1.29 is 9.53 Å².